The fraction of sp³-hybridized carbons (Fsp3) is 0.786. The highest BCUT2D eigenvalue weighted by atomic mass is 16.7. The summed E-state index contributed by atoms with van der Waals surface area (Å²) < 4.78 is 9.35. The van der Waals surface area contributed by atoms with Gasteiger partial charge in [0.1, 0.15) is 0 Å². The number of rotatable bonds is 9. The lowest BCUT2D eigenvalue weighted by molar-refractivity contribution is -0.170. The third kappa shape index (κ3) is 9.98. The van der Waals surface area contributed by atoms with Crippen molar-refractivity contribution < 1.29 is 29.0 Å². The molecule has 1 unspecified atom stereocenters. The third-order valence-electron chi connectivity index (χ3n) is 2.73. The van der Waals surface area contributed by atoms with Gasteiger partial charge >= 0.3 is 24.4 Å². The van der Waals surface area contributed by atoms with Crippen molar-refractivity contribution >= 4 is 18.0 Å². The highest BCUT2D eigenvalue weighted by molar-refractivity contribution is 5.72. The first-order valence-electron chi connectivity index (χ1n) is 7.24. The molecular weight excluding hydrogens is 292 g/mol. The Morgan fingerprint density at radius 1 is 1.14 bits per heavy atom. The van der Waals surface area contributed by atoms with E-state index < -0.39 is 24.4 Å². The smallest absolute Gasteiger partial charge is 0.411 e. The van der Waals surface area contributed by atoms with E-state index in [1.54, 1.807) is 13.8 Å². The molecule has 128 valence electrons. The molecule has 0 aliphatic rings. The number of hydrogen-bond acceptors (Lipinski definition) is 6. The summed E-state index contributed by atoms with van der Waals surface area (Å²) in [6.07, 6.45) is -1.74. The minimum atomic E-state index is -1.49. The standard InChI is InChI=1S/C14H26N2O6/c1-8(2)5-10(6-11(17)18)7-16-14(20)22-13(15)21-12(19)9(3)4/h8-10,13H,5-7,15H2,1-4H3,(H,16,20)(H,17,18)/t10-,13?/m0/s1. The molecule has 0 aliphatic carbocycles. The summed E-state index contributed by atoms with van der Waals surface area (Å²) in [6.45, 7) is 7.33. The molecule has 0 aromatic rings. The largest absolute Gasteiger partial charge is 0.481 e. The van der Waals surface area contributed by atoms with Crippen LogP contribution in [-0.4, -0.2) is 36.1 Å². The topological polar surface area (TPSA) is 128 Å². The van der Waals surface area contributed by atoms with Crippen molar-refractivity contribution in [2.24, 2.45) is 23.5 Å². The van der Waals surface area contributed by atoms with Crippen LogP contribution in [0.1, 0.15) is 40.5 Å². The molecule has 22 heavy (non-hydrogen) atoms. The van der Waals surface area contributed by atoms with E-state index in [9.17, 15) is 14.4 Å². The fourth-order valence-corrected chi connectivity index (χ4v) is 1.80. The average molecular weight is 318 g/mol. The summed E-state index contributed by atoms with van der Waals surface area (Å²) in [6, 6.07) is 0. The number of alkyl carbamates (subject to hydrolysis) is 1. The van der Waals surface area contributed by atoms with Gasteiger partial charge in [-0.1, -0.05) is 27.7 Å². The number of aliphatic carboxylic acids is 1. The summed E-state index contributed by atoms with van der Waals surface area (Å²) in [7, 11) is 0. The van der Waals surface area contributed by atoms with Gasteiger partial charge in [0.2, 0.25) is 0 Å². The van der Waals surface area contributed by atoms with Gasteiger partial charge in [0.15, 0.2) is 0 Å². The molecular formula is C14H26N2O6. The Bertz CT molecular complexity index is 384. The number of amides is 1. The number of ether oxygens (including phenoxy) is 2. The zero-order valence-corrected chi connectivity index (χ0v) is 13.5. The molecule has 2 atom stereocenters. The first-order chi connectivity index (χ1) is 10.1. The second-order valence-corrected chi connectivity index (χ2v) is 5.84. The zero-order valence-electron chi connectivity index (χ0n) is 13.5. The second-order valence-electron chi connectivity index (χ2n) is 5.84. The number of hydrogen-bond donors (Lipinski definition) is 3. The van der Waals surface area contributed by atoms with Crippen LogP contribution in [0.3, 0.4) is 0 Å². The van der Waals surface area contributed by atoms with Gasteiger partial charge in [0.25, 0.3) is 0 Å². The van der Waals surface area contributed by atoms with Crippen LogP contribution < -0.4 is 11.1 Å². The molecule has 0 saturated heterocycles. The van der Waals surface area contributed by atoms with Crippen molar-refractivity contribution in [3.63, 3.8) is 0 Å². The van der Waals surface area contributed by atoms with Crippen LogP contribution >= 0.6 is 0 Å². The Balaban J connectivity index is 4.22. The summed E-state index contributed by atoms with van der Waals surface area (Å²) in [4.78, 5) is 33.6. The van der Waals surface area contributed by atoms with Crippen LogP contribution in [0.4, 0.5) is 4.79 Å². The maximum atomic E-state index is 11.5. The molecule has 0 aromatic carbocycles. The van der Waals surface area contributed by atoms with Crippen LogP contribution in [-0.2, 0) is 19.1 Å². The van der Waals surface area contributed by atoms with E-state index in [0.29, 0.717) is 12.3 Å². The van der Waals surface area contributed by atoms with Gasteiger partial charge in [0.05, 0.1) is 5.92 Å². The third-order valence-corrected chi connectivity index (χ3v) is 2.73. The van der Waals surface area contributed by atoms with Crippen molar-refractivity contribution in [3.05, 3.63) is 0 Å². The van der Waals surface area contributed by atoms with Gasteiger partial charge in [-0.3, -0.25) is 15.3 Å². The summed E-state index contributed by atoms with van der Waals surface area (Å²) in [5.41, 5.74) is 5.36. The Morgan fingerprint density at radius 3 is 2.18 bits per heavy atom. The molecule has 8 heteroatoms. The maximum absolute atomic E-state index is 11.5. The predicted molar refractivity (Wildman–Crippen MR) is 78.6 cm³/mol. The average Bonchev–Trinajstić information content (AvgIpc) is 2.34. The van der Waals surface area contributed by atoms with E-state index in [-0.39, 0.29) is 24.8 Å². The quantitative estimate of drug-likeness (QED) is 0.431. The van der Waals surface area contributed by atoms with Crippen LogP contribution in [0, 0.1) is 17.8 Å². The van der Waals surface area contributed by atoms with E-state index in [2.05, 4.69) is 14.8 Å². The number of nitrogens with one attached hydrogen (secondary N) is 1. The normalized spacial score (nSPS) is 13.6. The lowest BCUT2D eigenvalue weighted by Crippen LogP contribution is -2.39. The molecule has 1 amide bonds. The minimum absolute atomic E-state index is 0.0488. The molecule has 0 bridgehead atoms. The van der Waals surface area contributed by atoms with Crippen LogP contribution in [0.15, 0.2) is 0 Å². The molecule has 0 saturated carbocycles. The van der Waals surface area contributed by atoms with Gasteiger partial charge in [0, 0.05) is 13.0 Å². The van der Waals surface area contributed by atoms with Crippen molar-refractivity contribution in [1.82, 2.24) is 5.32 Å². The highest BCUT2D eigenvalue weighted by Crippen LogP contribution is 2.14. The Hall–Kier alpha value is -1.83. The number of carbonyl (C=O) groups excluding carboxylic acids is 2. The lowest BCUT2D eigenvalue weighted by Gasteiger charge is -2.19. The van der Waals surface area contributed by atoms with Crippen molar-refractivity contribution in [2.75, 3.05) is 6.54 Å². The maximum Gasteiger partial charge on any atom is 0.411 e. The summed E-state index contributed by atoms with van der Waals surface area (Å²) in [5, 5.41) is 11.3. The van der Waals surface area contributed by atoms with Crippen LogP contribution in [0.2, 0.25) is 0 Å². The molecule has 0 spiro atoms. The number of carboxylic acid groups (broad SMARTS) is 1. The Labute approximate surface area is 130 Å². The van der Waals surface area contributed by atoms with Gasteiger partial charge in [-0.2, -0.15) is 0 Å². The highest BCUT2D eigenvalue weighted by Gasteiger charge is 2.19. The number of nitrogens with two attached hydrogens (primary N) is 1. The first-order valence-corrected chi connectivity index (χ1v) is 7.24. The summed E-state index contributed by atoms with van der Waals surface area (Å²) in [5.74, 6) is -1.80. The number of esters is 1. The number of carbonyl (C=O) groups is 3. The molecule has 0 aromatic heterocycles. The van der Waals surface area contributed by atoms with Gasteiger partial charge in [-0.15, -0.1) is 0 Å². The Morgan fingerprint density at radius 2 is 1.73 bits per heavy atom. The molecule has 0 radical (unpaired) electrons. The molecule has 0 rings (SSSR count). The van der Waals surface area contributed by atoms with Crippen molar-refractivity contribution in [3.8, 4) is 0 Å². The van der Waals surface area contributed by atoms with E-state index in [1.807, 2.05) is 13.8 Å². The van der Waals surface area contributed by atoms with E-state index >= 15 is 0 Å². The van der Waals surface area contributed by atoms with E-state index in [0.717, 1.165) is 0 Å². The van der Waals surface area contributed by atoms with Crippen molar-refractivity contribution in [1.29, 1.82) is 0 Å². The summed E-state index contributed by atoms with van der Waals surface area (Å²) >= 11 is 0. The first kappa shape index (κ1) is 20.2. The molecule has 0 heterocycles. The van der Waals surface area contributed by atoms with Gasteiger partial charge in [-0.05, 0) is 18.3 Å². The fourth-order valence-electron chi connectivity index (χ4n) is 1.80. The zero-order chi connectivity index (χ0) is 17.3. The lowest BCUT2D eigenvalue weighted by atomic mass is 9.94. The predicted octanol–water partition coefficient (Wildman–Crippen LogP) is 1.29. The van der Waals surface area contributed by atoms with Crippen LogP contribution in [0.25, 0.3) is 0 Å². The van der Waals surface area contributed by atoms with Crippen molar-refractivity contribution in [2.45, 2.75) is 47.0 Å². The molecule has 4 N–H and O–H groups in total. The molecule has 0 aliphatic heterocycles. The minimum Gasteiger partial charge on any atom is -0.481 e. The van der Waals surface area contributed by atoms with E-state index in [1.165, 1.54) is 0 Å². The van der Waals surface area contributed by atoms with E-state index in [4.69, 9.17) is 10.8 Å². The number of carboxylic acids is 1. The van der Waals surface area contributed by atoms with Gasteiger partial charge < -0.3 is 19.9 Å². The van der Waals surface area contributed by atoms with Gasteiger partial charge in [-0.25, -0.2) is 4.79 Å². The monoisotopic (exact) mass is 318 g/mol. The Kier molecular flexibility index (Phi) is 9.16. The second kappa shape index (κ2) is 9.99. The SMILES string of the molecule is CC(C)C[C@H](CNC(=O)OC(N)OC(=O)C(C)C)CC(=O)O. The molecule has 0 fully saturated rings. The molecule has 8 nitrogen and oxygen atoms in total. The van der Waals surface area contributed by atoms with Crippen LogP contribution in [0.5, 0.6) is 0 Å².